The van der Waals surface area contributed by atoms with Gasteiger partial charge < -0.3 is 0 Å². The van der Waals surface area contributed by atoms with E-state index in [9.17, 15) is 0 Å². The molecule has 0 fully saturated rings. The second kappa shape index (κ2) is 5.85. The van der Waals surface area contributed by atoms with Crippen LogP contribution in [0, 0.1) is 13.8 Å². The average Bonchev–Trinajstić information content (AvgIpc) is 2.54. The van der Waals surface area contributed by atoms with E-state index in [2.05, 4.69) is 80.5 Å². The normalized spacial score (nSPS) is 19.4. The molecule has 0 aromatic heterocycles. The first-order valence-electron chi connectivity index (χ1n) is 8.55. The Morgan fingerprint density at radius 3 is 1.55 bits per heavy atom. The van der Waals surface area contributed by atoms with E-state index in [1.165, 1.54) is 22.3 Å². The van der Waals surface area contributed by atoms with Gasteiger partial charge >= 0.3 is 0 Å². The molecule has 1 aliphatic rings. The van der Waals surface area contributed by atoms with Crippen molar-refractivity contribution in [2.24, 2.45) is 0 Å². The Kier molecular flexibility index (Phi) is 4.59. The van der Waals surface area contributed by atoms with Gasteiger partial charge in [-0.15, -0.1) is 0 Å². The molecule has 1 atom stereocenters. The molecule has 1 heteroatoms. The second-order valence-electron chi connectivity index (χ2n) is 7.85. The monoisotopic (exact) mass is 312 g/mol. The summed E-state index contributed by atoms with van der Waals surface area (Å²) < 4.78 is 0. The number of rotatable bonds is 3. The Hall–Kier alpha value is -1.08. The third-order valence-electron chi connectivity index (χ3n) is 6.14. The van der Waals surface area contributed by atoms with Gasteiger partial charge in [-0.3, -0.25) is 0 Å². The largest absolute Gasteiger partial charge is 0.0883 e. The minimum atomic E-state index is -1.20. The van der Waals surface area contributed by atoms with Crippen LogP contribution in [0.5, 0.6) is 0 Å². The van der Waals surface area contributed by atoms with Crippen LogP contribution >= 0.6 is 0 Å². The third kappa shape index (κ3) is 2.54. The van der Waals surface area contributed by atoms with Crippen molar-refractivity contribution in [3.63, 3.8) is 0 Å². The summed E-state index contributed by atoms with van der Waals surface area (Å²) in [7, 11) is -1.20. The zero-order valence-corrected chi connectivity index (χ0v) is 17.0. The predicted molar refractivity (Wildman–Crippen MR) is 103 cm³/mol. The maximum Gasteiger partial charge on any atom is 0.0883 e. The van der Waals surface area contributed by atoms with Crippen LogP contribution in [-0.2, 0) is 0 Å². The summed E-state index contributed by atoms with van der Waals surface area (Å²) in [5, 5.41) is 1.92. The van der Waals surface area contributed by atoms with Gasteiger partial charge in [0.25, 0.3) is 0 Å². The molecule has 0 amide bonds. The first-order valence-corrected chi connectivity index (χ1v) is 10.4. The molecule has 0 spiro atoms. The number of aryl methyl sites for hydroxylation is 2. The van der Waals surface area contributed by atoms with E-state index < -0.39 is 8.80 Å². The van der Waals surface area contributed by atoms with Gasteiger partial charge in [0.2, 0.25) is 0 Å². The fourth-order valence-corrected chi connectivity index (χ4v) is 9.68. The van der Waals surface area contributed by atoms with E-state index in [-0.39, 0.29) is 5.04 Å². The highest BCUT2D eigenvalue weighted by Crippen LogP contribution is 2.55. The Morgan fingerprint density at radius 1 is 0.773 bits per heavy atom. The molecular weight excluding hydrogens is 280 g/mol. The molecule has 1 unspecified atom stereocenters. The Morgan fingerprint density at radius 2 is 1.18 bits per heavy atom. The molecule has 0 N–H and O–H groups in total. The third-order valence-corrected chi connectivity index (χ3v) is 10.6. The van der Waals surface area contributed by atoms with Gasteiger partial charge in [-0.1, -0.05) is 66.4 Å². The van der Waals surface area contributed by atoms with E-state index >= 15 is 0 Å². The van der Waals surface area contributed by atoms with Crippen LogP contribution in [0.2, 0.25) is 10.6 Å². The first-order chi connectivity index (χ1) is 10.1. The number of allylic oxidation sites excluding steroid dienone is 4. The van der Waals surface area contributed by atoms with Gasteiger partial charge in [-0.05, 0) is 58.2 Å². The lowest BCUT2D eigenvalue weighted by Gasteiger charge is -2.40. The van der Waals surface area contributed by atoms with E-state index in [4.69, 9.17) is 0 Å². The predicted octanol–water partition coefficient (Wildman–Crippen LogP) is 5.59. The summed E-state index contributed by atoms with van der Waals surface area (Å²) in [5.74, 6) is 0. The number of hydrogen-bond donors (Lipinski definition) is 0. The van der Waals surface area contributed by atoms with Gasteiger partial charge in [0.1, 0.15) is 0 Å². The fraction of sp³-hybridized carbons (Fsp3) is 0.524. The molecule has 0 bridgehead atoms. The molecule has 1 aliphatic carbocycles. The zero-order chi connectivity index (χ0) is 16.8. The lowest BCUT2D eigenvalue weighted by atomic mass is 9.98. The Balaban J connectivity index is 2.68. The first kappa shape index (κ1) is 17.3. The van der Waals surface area contributed by atoms with Gasteiger partial charge in [0.15, 0.2) is 0 Å². The van der Waals surface area contributed by atoms with Crippen LogP contribution in [-0.4, -0.2) is 8.80 Å². The summed E-state index contributed by atoms with van der Waals surface area (Å²) >= 11 is 0. The zero-order valence-electron chi connectivity index (χ0n) is 15.9. The highest BCUT2D eigenvalue weighted by molar-refractivity contribution is 6.78. The molecule has 1 aromatic rings. The molecule has 0 aliphatic heterocycles. The molecule has 1 aromatic carbocycles. The van der Waals surface area contributed by atoms with E-state index in [1.807, 2.05) is 0 Å². The van der Waals surface area contributed by atoms with Crippen LogP contribution in [0.4, 0.5) is 0 Å². The smallest absolute Gasteiger partial charge is 0.0651 e. The SMILES string of the molecule is CC1=C(C)C(C)([SiH](c2cc(C)cc(C)c2)C(C)C)C(C)=C1C. The molecule has 120 valence electrons. The number of benzene rings is 1. The van der Waals surface area contributed by atoms with Crippen molar-refractivity contribution >= 4 is 14.0 Å². The summed E-state index contributed by atoms with van der Waals surface area (Å²) in [6.07, 6.45) is 0. The Labute approximate surface area is 138 Å². The summed E-state index contributed by atoms with van der Waals surface area (Å²) in [6, 6.07) is 7.21. The van der Waals surface area contributed by atoms with Gasteiger partial charge in [0.05, 0.1) is 8.80 Å². The van der Waals surface area contributed by atoms with Crippen molar-refractivity contribution in [2.45, 2.75) is 72.9 Å². The van der Waals surface area contributed by atoms with Crippen LogP contribution < -0.4 is 5.19 Å². The second-order valence-corrected chi connectivity index (χ2v) is 12.0. The van der Waals surface area contributed by atoms with Gasteiger partial charge in [-0.2, -0.15) is 0 Å². The summed E-state index contributed by atoms with van der Waals surface area (Å²) in [4.78, 5) is 0. The molecule has 2 rings (SSSR count). The van der Waals surface area contributed by atoms with Gasteiger partial charge in [-0.25, -0.2) is 0 Å². The average molecular weight is 313 g/mol. The van der Waals surface area contributed by atoms with Crippen molar-refractivity contribution in [3.05, 3.63) is 51.6 Å². The van der Waals surface area contributed by atoms with E-state index in [1.54, 1.807) is 16.3 Å². The molecule has 0 saturated carbocycles. The van der Waals surface area contributed by atoms with Crippen molar-refractivity contribution in [3.8, 4) is 0 Å². The highest BCUT2D eigenvalue weighted by Gasteiger charge is 2.45. The van der Waals surface area contributed by atoms with Crippen molar-refractivity contribution < 1.29 is 0 Å². The van der Waals surface area contributed by atoms with Crippen LogP contribution in [0.15, 0.2) is 40.5 Å². The maximum absolute atomic E-state index is 2.52. The number of hydrogen-bond acceptors (Lipinski definition) is 0. The fourth-order valence-electron chi connectivity index (χ4n) is 4.66. The summed E-state index contributed by atoms with van der Waals surface area (Å²) in [6.45, 7) is 21.2. The standard InChI is InChI=1S/C21H32Si/c1-13(2)22(20-11-14(3)10-15(4)12-20)21(9)18(7)16(5)17(6)19(21)8/h10-13,22H,1-9H3. The topological polar surface area (TPSA) is 0 Å². The van der Waals surface area contributed by atoms with Crippen LogP contribution in [0.1, 0.15) is 59.6 Å². The quantitative estimate of drug-likeness (QED) is 0.638. The lowest BCUT2D eigenvalue weighted by Crippen LogP contribution is -2.45. The molecule has 0 heterocycles. The summed E-state index contributed by atoms with van der Waals surface area (Å²) in [5.41, 5.74) is 9.86. The lowest BCUT2D eigenvalue weighted by molar-refractivity contribution is 0.791. The molecule has 0 saturated heterocycles. The molecule has 0 nitrogen and oxygen atoms in total. The maximum atomic E-state index is 2.52. The van der Waals surface area contributed by atoms with Crippen LogP contribution in [0.3, 0.4) is 0 Å². The van der Waals surface area contributed by atoms with E-state index in [0.29, 0.717) is 0 Å². The minimum Gasteiger partial charge on any atom is -0.0651 e. The van der Waals surface area contributed by atoms with Crippen LogP contribution in [0.25, 0.3) is 0 Å². The molecule has 0 radical (unpaired) electrons. The van der Waals surface area contributed by atoms with Gasteiger partial charge in [0, 0.05) is 5.04 Å². The minimum absolute atomic E-state index is 0.280. The van der Waals surface area contributed by atoms with Crippen molar-refractivity contribution in [2.75, 3.05) is 0 Å². The van der Waals surface area contributed by atoms with Crippen molar-refractivity contribution in [1.82, 2.24) is 0 Å². The Bertz CT molecular complexity index is 614. The van der Waals surface area contributed by atoms with E-state index in [0.717, 1.165) is 5.54 Å². The molecule has 22 heavy (non-hydrogen) atoms. The van der Waals surface area contributed by atoms with Crippen molar-refractivity contribution in [1.29, 1.82) is 0 Å². The molecular formula is C21H32Si. The highest BCUT2D eigenvalue weighted by atomic mass is 28.3.